The van der Waals surface area contributed by atoms with Crippen molar-refractivity contribution in [1.29, 1.82) is 5.26 Å². The first kappa shape index (κ1) is 12.7. The van der Waals surface area contributed by atoms with Crippen LogP contribution in [0.5, 0.6) is 5.88 Å². The van der Waals surface area contributed by atoms with Crippen LogP contribution in [0.25, 0.3) is 0 Å². The van der Waals surface area contributed by atoms with Gasteiger partial charge in [0.2, 0.25) is 5.88 Å². The first-order valence-corrected chi connectivity index (χ1v) is 6.31. The Labute approximate surface area is 107 Å². The molecule has 0 radical (unpaired) electrons. The number of piperidine rings is 1. The van der Waals surface area contributed by atoms with Gasteiger partial charge in [-0.3, -0.25) is 4.90 Å². The third-order valence-corrected chi connectivity index (χ3v) is 3.11. The summed E-state index contributed by atoms with van der Waals surface area (Å²) in [7, 11) is 0. The Morgan fingerprint density at radius 2 is 2.11 bits per heavy atom. The van der Waals surface area contributed by atoms with E-state index in [4.69, 9.17) is 15.7 Å². The molecular weight excluding hydrogens is 228 g/mol. The van der Waals surface area contributed by atoms with Crippen molar-refractivity contribution in [3.05, 3.63) is 17.8 Å². The highest BCUT2D eigenvalue weighted by Gasteiger charge is 2.10. The first-order valence-electron chi connectivity index (χ1n) is 6.31. The van der Waals surface area contributed by atoms with E-state index < -0.39 is 0 Å². The molecule has 2 heterocycles. The van der Waals surface area contributed by atoms with Gasteiger partial charge in [0.1, 0.15) is 12.7 Å². The van der Waals surface area contributed by atoms with E-state index in [1.807, 2.05) is 6.07 Å². The van der Waals surface area contributed by atoms with Crippen LogP contribution in [-0.4, -0.2) is 36.1 Å². The van der Waals surface area contributed by atoms with Crippen LogP contribution < -0.4 is 10.5 Å². The van der Waals surface area contributed by atoms with E-state index in [9.17, 15) is 0 Å². The third kappa shape index (κ3) is 3.34. The van der Waals surface area contributed by atoms with Crippen molar-refractivity contribution in [2.24, 2.45) is 0 Å². The molecule has 1 aromatic rings. The van der Waals surface area contributed by atoms with Crippen LogP contribution >= 0.6 is 0 Å². The van der Waals surface area contributed by atoms with Crippen molar-refractivity contribution in [2.75, 3.05) is 32.0 Å². The van der Waals surface area contributed by atoms with Gasteiger partial charge < -0.3 is 10.5 Å². The second kappa shape index (κ2) is 6.22. The summed E-state index contributed by atoms with van der Waals surface area (Å²) in [5, 5.41) is 8.82. The summed E-state index contributed by atoms with van der Waals surface area (Å²) in [4.78, 5) is 6.44. The molecule has 0 amide bonds. The quantitative estimate of drug-likeness (QED) is 0.869. The van der Waals surface area contributed by atoms with E-state index in [0.29, 0.717) is 18.2 Å². The van der Waals surface area contributed by atoms with Gasteiger partial charge in [-0.25, -0.2) is 4.98 Å². The molecule has 0 aromatic carbocycles. The zero-order valence-corrected chi connectivity index (χ0v) is 10.4. The number of nitrogen functional groups attached to an aromatic ring is 1. The maximum Gasteiger partial charge on any atom is 0.214 e. The average Bonchev–Trinajstić information content (AvgIpc) is 2.42. The fourth-order valence-corrected chi connectivity index (χ4v) is 2.08. The summed E-state index contributed by atoms with van der Waals surface area (Å²) in [6.07, 6.45) is 3.89. The highest BCUT2D eigenvalue weighted by atomic mass is 16.5. The molecule has 0 aliphatic carbocycles. The third-order valence-electron chi connectivity index (χ3n) is 3.11. The molecule has 1 saturated heterocycles. The molecule has 1 fully saturated rings. The van der Waals surface area contributed by atoms with Crippen LogP contribution in [-0.2, 0) is 0 Å². The monoisotopic (exact) mass is 246 g/mol. The summed E-state index contributed by atoms with van der Waals surface area (Å²) in [5.41, 5.74) is 6.21. The lowest BCUT2D eigenvalue weighted by atomic mass is 10.1. The van der Waals surface area contributed by atoms with Gasteiger partial charge in [0.05, 0.1) is 5.69 Å². The standard InChI is InChI=1S/C13H18N4O/c14-10-12-11(15)4-5-13(16-12)18-9-8-17-6-2-1-3-7-17/h4-5H,1-3,6-9,15H2. The molecule has 0 spiro atoms. The molecule has 1 aliphatic rings. The van der Waals surface area contributed by atoms with Crippen LogP contribution in [0.1, 0.15) is 25.0 Å². The van der Waals surface area contributed by atoms with Crippen molar-refractivity contribution in [2.45, 2.75) is 19.3 Å². The van der Waals surface area contributed by atoms with Gasteiger partial charge in [0, 0.05) is 12.6 Å². The summed E-state index contributed by atoms with van der Waals surface area (Å²) < 4.78 is 5.55. The molecule has 5 nitrogen and oxygen atoms in total. The lowest BCUT2D eigenvalue weighted by Crippen LogP contribution is -2.33. The number of nitriles is 1. The Morgan fingerprint density at radius 3 is 2.83 bits per heavy atom. The number of anilines is 1. The smallest absolute Gasteiger partial charge is 0.214 e. The van der Waals surface area contributed by atoms with Crippen LogP contribution in [0.2, 0.25) is 0 Å². The molecule has 0 atom stereocenters. The Balaban J connectivity index is 1.81. The zero-order valence-electron chi connectivity index (χ0n) is 10.4. The second-order valence-corrected chi connectivity index (χ2v) is 4.45. The average molecular weight is 246 g/mol. The van der Waals surface area contributed by atoms with Gasteiger partial charge in [-0.1, -0.05) is 6.42 Å². The first-order chi connectivity index (χ1) is 8.79. The normalized spacial score (nSPS) is 16.2. The van der Waals surface area contributed by atoms with E-state index in [1.165, 1.54) is 19.3 Å². The van der Waals surface area contributed by atoms with Gasteiger partial charge in [-0.05, 0) is 32.0 Å². The lowest BCUT2D eigenvalue weighted by Gasteiger charge is -2.26. The minimum atomic E-state index is 0.227. The molecule has 5 heteroatoms. The number of nitrogens with zero attached hydrogens (tertiary/aromatic N) is 3. The minimum absolute atomic E-state index is 0.227. The number of hydrogen-bond donors (Lipinski definition) is 1. The van der Waals surface area contributed by atoms with Crippen molar-refractivity contribution in [1.82, 2.24) is 9.88 Å². The van der Waals surface area contributed by atoms with E-state index >= 15 is 0 Å². The van der Waals surface area contributed by atoms with Crippen LogP contribution in [0.3, 0.4) is 0 Å². The Morgan fingerprint density at radius 1 is 1.33 bits per heavy atom. The maximum absolute atomic E-state index is 8.82. The highest BCUT2D eigenvalue weighted by molar-refractivity contribution is 5.50. The molecule has 18 heavy (non-hydrogen) atoms. The van der Waals surface area contributed by atoms with Gasteiger partial charge in [0.15, 0.2) is 5.69 Å². The summed E-state index contributed by atoms with van der Waals surface area (Å²) in [5.74, 6) is 0.470. The van der Waals surface area contributed by atoms with Gasteiger partial charge >= 0.3 is 0 Å². The molecule has 0 saturated carbocycles. The van der Waals surface area contributed by atoms with Crippen molar-refractivity contribution in [3.63, 3.8) is 0 Å². The molecule has 0 unspecified atom stereocenters. The van der Waals surface area contributed by atoms with E-state index in [1.54, 1.807) is 12.1 Å². The highest BCUT2D eigenvalue weighted by Crippen LogP contribution is 2.14. The second-order valence-electron chi connectivity index (χ2n) is 4.45. The largest absolute Gasteiger partial charge is 0.476 e. The van der Waals surface area contributed by atoms with Crippen LogP contribution in [0.15, 0.2) is 12.1 Å². The zero-order chi connectivity index (χ0) is 12.8. The molecule has 2 N–H and O–H groups in total. The fourth-order valence-electron chi connectivity index (χ4n) is 2.08. The summed E-state index contributed by atoms with van der Waals surface area (Å²) in [6.45, 7) is 3.82. The molecule has 1 aliphatic heterocycles. The molecule has 2 rings (SSSR count). The Hall–Kier alpha value is -1.80. The SMILES string of the molecule is N#Cc1nc(OCCN2CCCCC2)ccc1N. The van der Waals surface area contributed by atoms with Crippen molar-refractivity contribution in [3.8, 4) is 11.9 Å². The number of ether oxygens (including phenoxy) is 1. The van der Waals surface area contributed by atoms with E-state index in [0.717, 1.165) is 19.6 Å². The fraction of sp³-hybridized carbons (Fsp3) is 0.538. The summed E-state index contributed by atoms with van der Waals surface area (Å²) >= 11 is 0. The summed E-state index contributed by atoms with van der Waals surface area (Å²) in [6, 6.07) is 5.30. The van der Waals surface area contributed by atoms with E-state index in [-0.39, 0.29) is 5.69 Å². The van der Waals surface area contributed by atoms with Crippen molar-refractivity contribution >= 4 is 5.69 Å². The predicted molar refractivity (Wildman–Crippen MR) is 69.2 cm³/mol. The predicted octanol–water partition coefficient (Wildman–Crippen LogP) is 1.40. The van der Waals surface area contributed by atoms with Crippen molar-refractivity contribution < 1.29 is 4.74 Å². The minimum Gasteiger partial charge on any atom is -0.476 e. The topological polar surface area (TPSA) is 75.2 Å². The number of rotatable bonds is 4. The van der Waals surface area contributed by atoms with Gasteiger partial charge in [-0.2, -0.15) is 5.26 Å². The van der Waals surface area contributed by atoms with E-state index in [2.05, 4.69) is 9.88 Å². The number of hydrogen-bond acceptors (Lipinski definition) is 5. The Bertz CT molecular complexity index is 435. The van der Waals surface area contributed by atoms with Gasteiger partial charge in [-0.15, -0.1) is 0 Å². The number of nitrogens with two attached hydrogens (primary N) is 1. The maximum atomic E-state index is 8.82. The molecule has 96 valence electrons. The molecular formula is C13H18N4O. The number of pyridine rings is 1. The van der Waals surface area contributed by atoms with Gasteiger partial charge in [0.25, 0.3) is 0 Å². The number of aromatic nitrogens is 1. The number of likely N-dealkylation sites (tertiary alicyclic amines) is 1. The molecule has 1 aromatic heterocycles. The Kier molecular flexibility index (Phi) is 4.37. The van der Waals surface area contributed by atoms with Crippen LogP contribution in [0, 0.1) is 11.3 Å². The lowest BCUT2D eigenvalue weighted by molar-refractivity contribution is 0.180. The molecule has 0 bridgehead atoms. The van der Waals surface area contributed by atoms with Crippen LogP contribution in [0.4, 0.5) is 5.69 Å².